The number of hydrogen-bond acceptors (Lipinski definition) is 3. The standard InChI is InChI=1S/C12H13BrN2O/c1-15-12-8-9(13)5-6-10(12)11(14)4-2-3-7-16/h5-6,8,14-16H,3,7H2,1H3. The molecule has 1 rings (SSSR count). The summed E-state index contributed by atoms with van der Waals surface area (Å²) < 4.78 is 0.955. The van der Waals surface area contributed by atoms with Crippen molar-refractivity contribution in [3.63, 3.8) is 0 Å². The maximum Gasteiger partial charge on any atom is 0.113 e. The molecule has 0 fully saturated rings. The summed E-state index contributed by atoms with van der Waals surface area (Å²) in [6.45, 7) is 0.0273. The van der Waals surface area contributed by atoms with E-state index in [1.54, 1.807) is 7.05 Å². The van der Waals surface area contributed by atoms with Gasteiger partial charge in [0, 0.05) is 29.2 Å². The van der Waals surface area contributed by atoms with Gasteiger partial charge in [-0.05, 0) is 24.1 Å². The van der Waals surface area contributed by atoms with Crippen molar-refractivity contribution in [1.29, 1.82) is 5.41 Å². The van der Waals surface area contributed by atoms with E-state index >= 15 is 0 Å². The first-order valence-corrected chi connectivity index (χ1v) is 5.64. The van der Waals surface area contributed by atoms with Gasteiger partial charge in [-0.2, -0.15) is 0 Å². The second-order valence-corrected chi connectivity index (χ2v) is 4.01. The second-order valence-electron chi connectivity index (χ2n) is 3.09. The van der Waals surface area contributed by atoms with Gasteiger partial charge in [0.1, 0.15) is 5.71 Å². The Morgan fingerprint density at radius 2 is 2.31 bits per heavy atom. The summed E-state index contributed by atoms with van der Waals surface area (Å²) >= 11 is 3.37. The fourth-order valence-electron chi connectivity index (χ4n) is 1.22. The Morgan fingerprint density at radius 3 is 2.94 bits per heavy atom. The summed E-state index contributed by atoms with van der Waals surface area (Å²) in [6.07, 6.45) is 0.397. The number of benzene rings is 1. The minimum Gasteiger partial charge on any atom is -0.395 e. The number of hydrogen-bond donors (Lipinski definition) is 3. The van der Waals surface area contributed by atoms with E-state index in [0.717, 1.165) is 15.7 Å². The van der Waals surface area contributed by atoms with Crippen LogP contribution in [-0.2, 0) is 0 Å². The zero-order valence-electron chi connectivity index (χ0n) is 8.97. The molecule has 0 aliphatic carbocycles. The minimum absolute atomic E-state index is 0.0273. The Hall–Kier alpha value is -1.31. The molecular weight excluding hydrogens is 268 g/mol. The second kappa shape index (κ2) is 6.31. The summed E-state index contributed by atoms with van der Waals surface area (Å²) in [4.78, 5) is 0. The molecule has 3 N–H and O–H groups in total. The first kappa shape index (κ1) is 12.8. The Kier molecular flexibility index (Phi) is 5.03. The molecule has 16 heavy (non-hydrogen) atoms. The normalized spacial score (nSPS) is 9.19. The van der Waals surface area contributed by atoms with Crippen molar-refractivity contribution in [3.8, 4) is 11.8 Å². The van der Waals surface area contributed by atoms with Gasteiger partial charge in [-0.1, -0.05) is 21.9 Å². The Morgan fingerprint density at radius 1 is 1.56 bits per heavy atom. The smallest absolute Gasteiger partial charge is 0.113 e. The molecule has 3 nitrogen and oxygen atoms in total. The van der Waals surface area contributed by atoms with E-state index in [4.69, 9.17) is 10.5 Å². The molecule has 0 aromatic heterocycles. The molecule has 0 atom stereocenters. The van der Waals surface area contributed by atoms with Crippen LogP contribution in [0.3, 0.4) is 0 Å². The lowest BCUT2D eigenvalue weighted by molar-refractivity contribution is 0.305. The van der Waals surface area contributed by atoms with E-state index in [1.165, 1.54) is 0 Å². The van der Waals surface area contributed by atoms with Crippen molar-refractivity contribution in [2.24, 2.45) is 0 Å². The van der Waals surface area contributed by atoms with Crippen LogP contribution in [0.5, 0.6) is 0 Å². The third-order valence-electron chi connectivity index (χ3n) is 1.97. The molecule has 1 aromatic carbocycles. The van der Waals surface area contributed by atoms with Crippen molar-refractivity contribution < 1.29 is 5.11 Å². The van der Waals surface area contributed by atoms with Crippen LogP contribution in [0.2, 0.25) is 0 Å². The van der Waals surface area contributed by atoms with Gasteiger partial charge in [-0.3, -0.25) is 5.41 Å². The maximum atomic E-state index is 8.60. The highest BCUT2D eigenvalue weighted by molar-refractivity contribution is 9.10. The van der Waals surface area contributed by atoms with E-state index in [0.29, 0.717) is 6.42 Å². The quantitative estimate of drug-likeness (QED) is 0.588. The van der Waals surface area contributed by atoms with Crippen LogP contribution in [0.15, 0.2) is 22.7 Å². The van der Waals surface area contributed by atoms with Gasteiger partial charge in [0.25, 0.3) is 0 Å². The number of aliphatic hydroxyl groups excluding tert-OH is 1. The van der Waals surface area contributed by atoms with Crippen LogP contribution in [0, 0.1) is 17.3 Å². The topological polar surface area (TPSA) is 56.1 Å². The monoisotopic (exact) mass is 280 g/mol. The summed E-state index contributed by atoms with van der Waals surface area (Å²) in [5.74, 6) is 5.45. The fraction of sp³-hybridized carbons (Fsp3) is 0.250. The Labute approximate surface area is 104 Å². The SMILES string of the molecule is CNc1cc(Br)ccc1C(=N)C#CCCO. The molecule has 0 aliphatic heterocycles. The molecule has 84 valence electrons. The lowest BCUT2D eigenvalue weighted by Crippen LogP contribution is -2.01. The van der Waals surface area contributed by atoms with Gasteiger partial charge in [0.05, 0.1) is 6.61 Å². The number of anilines is 1. The first-order chi connectivity index (χ1) is 7.69. The number of rotatable bonds is 3. The summed E-state index contributed by atoms with van der Waals surface area (Å²) in [7, 11) is 1.81. The molecule has 0 radical (unpaired) electrons. The van der Waals surface area contributed by atoms with Gasteiger partial charge >= 0.3 is 0 Å². The average Bonchev–Trinajstić information content (AvgIpc) is 2.29. The maximum absolute atomic E-state index is 8.60. The van der Waals surface area contributed by atoms with Crippen LogP contribution in [0.1, 0.15) is 12.0 Å². The lowest BCUT2D eigenvalue weighted by atomic mass is 10.1. The number of halogens is 1. The van der Waals surface area contributed by atoms with Crippen LogP contribution in [0.25, 0.3) is 0 Å². The van der Waals surface area contributed by atoms with Gasteiger partial charge in [0.2, 0.25) is 0 Å². The van der Waals surface area contributed by atoms with E-state index in [1.807, 2.05) is 18.2 Å². The predicted octanol–water partition coefficient (Wildman–Crippen LogP) is 2.24. The molecule has 0 amide bonds. The highest BCUT2D eigenvalue weighted by atomic mass is 79.9. The number of aliphatic hydroxyl groups is 1. The van der Waals surface area contributed by atoms with E-state index < -0.39 is 0 Å². The average molecular weight is 281 g/mol. The summed E-state index contributed by atoms with van der Waals surface area (Å²) in [5.41, 5.74) is 1.87. The van der Waals surface area contributed by atoms with Gasteiger partial charge < -0.3 is 10.4 Å². The van der Waals surface area contributed by atoms with E-state index in [9.17, 15) is 0 Å². The van der Waals surface area contributed by atoms with Crippen molar-refractivity contribution in [1.82, 2.24) is 0 Å². The summed E-state index contributed by atoms with van der Waals surface area (Å²) in [5, 5.41) is 19.4. The van der Waals surface area contributed by atoms with Crippen molar-refractivity contribution in [3.05, 3.63) is 28.2 Å². The molecule has 0 saturated carbocycles. The highest BCUT2D eigenvalue weighted by Gasteiger charge is 2.04. The third-order valence-corrected chi connectivity index (χ3v) is 2.46. The zero-order valence-corrected chi connectivity index (χ0v) is 10.6. The van der Waals surface area contributed by atoms with Crippen LogP contribution in [-0.4, -0.2) is 24.5 Å². The van der Waals surface area contributed by atoms with E-state index in [2.05, 4.69) is 33.1 Å². The molecule has 4 heteroatoms. The van der Waals surface area contributed by atoms with Gasteiger partial charge in [0.15, 0.2) is 0 Å². The van der Waals surface area contributed by atoms with Crippen molar-refractivity contribution >= 4 is 27.3 Å². The minimum atomic E-state index is 0.0273. The molecule has 0 saturated heterocycles. The molecule has 0 spiro atoms. The Bertz CT molecular complexity index is 446. The van der Waals surface area contributed by atoms with Crippen LogP contribution >= 0.6 is 15.9 Å². The fourth-order valence-corrected chi connectivity index (χ4v) is 1.58. The van der Waals surface area contributed by atoms with Gasteiger partial charge in [-0.25, -0.2) is 0 Å². The van der Waals surface area contributed by atoms with Crippen molar-refractivity contribution in [2.45, 2.75) is 6.42 Å². The molecule has 0 unspecified atom stereocenters. The summed E-state index contributed by atoms with van der Waals surface area (Å²) in [6, 6.07) is 5.61. The van der Waals surface area contributed by atoms with Crippen LogP contribution in [0.4, 0.5) is 5.69 Å². The van der Waals surface area contributed by atoms with Crippen molar-refractivity contribution in [2.75, 3.05) is 19.0 Å². The zero-order chi connectivity index (χ0) is 12.0. The molecule has 0 aliphatic rings. The Balaban J connectivity index is 2.96. The molecule has 0 heterocycles. The molecule has 1 aromatic rings. The molecule has 0 bridgehead atoms. The van der Waals surface area contributed by atoms with Gasteiger partial charge in [-0.15, -0.1) is 0 Å². The largest absolute Gasteiger partial charge is 0.395 e. The third kappa shape index (κ3) is 3.37. The highest BCUT2D eigenvalue weighted by Crippen LogP contribution is 2.21. The van der Waals surface area contributed by atoms with E-state index in [-0.39, 0.29) is 12.3 Å². The predicted molar refractivity (Wildman–Crippen MR) is 70.0 cm³/mol. The molecular formula is C12H13BrN2O. The number of nitrogens with one attached hydrogen (secondary N) is 2. The van der Waals surface area contributed by atoms with Crippen LogP contribution < -0.4 is 5.32 Å². The lowest BCUT2D eigenvalue weighted by Gasteiger charge is -2.07. The first-order valence-electron chi connectivity index (χ1n) is 4.85.